The molecule has 5 nitrogen and oxygen atoms in total. The molecule has 0 aliphatic rings. The normalized spacial score (nSPS) is 9.43. The SMILES string of the molecule is N.O=[N+]([O-])c1ccnc2ccccc12. The van der Waals surface area contributed by atoms with Gasteiger partial charge >= 0.3 is 0 Å². The number of pyridine rings is 1. The Labute approximate surface area is 80.1 Å². The molecule has 3 N–H and O–H groups in total. The first-order valence-corrected chi connectivity index (χ1v) is 3.77. The van der Waals surface area contributed by atoms with Crippen molar-refractivity contribution in [2.75, 3.05) is 0 Å². The molecule has 0 saturated heterocycles. The summed E-state index contributed by atoms with van der Waals surface area (Å²) in [6, 6.07) is 8.42. The lowest BCUT2D eigenvalue weighted by molar-refractivity contribution is -0.383. The zero-order valence-electron chi connectivity index (χ0n) is 7.38. The Morgan fingerprint density at radius 2 is 1.93 bits per heavy atom. The molecule has 5 heteroatoms. The van der Waals surface area contributed by atoms with Crippen molar-refractivity contribution in [3.63, 3.8) is 0 Å². The van der Waals surface area contributed by atoms with Crippen LogP contribution in [0.4, 0.5) is 5.69 Å². The molecule has 0 aliphatic heterocycles. The largest absolute Gasteiger partial charge is 0.344 e. The van der Waals surface area contributed by atoms with E-state index in [1.165, 1.54) is 12.3 Å². The maximum absolute atomic E-state index is 10.6. The van der Waals surface area contributed by atoms with E-state index in [1.54, 1.807) is 24.3 Å². The lowest BCUT2D eigenvalue weighted by Gasteiger charge is -1.96. The molecule has 1 aromatic heterocycles. The maximum Gasteiger partial charge on any atom is 0.280 e. The summed E-state index contributed by atoms with van der Waals surface area (Å²) in [5, 5.41) is 11.2. The van der Waals surface area contributed by atoms with Gasteiger partial charge in [0.1, 0.15) is 0 Å². The molecule has 1 heterocycles. The Morgan fingerprint density at radius 1 is 1.21 bits per heavy atom. The minimum atomic E-state index is -0.399. The zero-order valence-corrected chi connectivity index (χ0v) is 7.38. The van der Waals surface area contributed by atoms with Gasteiger partial charge in [0, 0.05) is 12.3 Å². The van der Waals surface area contributed by atoms with E-state index < -0.39 is 4.92 Å². The highest BCUT2D eigenvalue weighted by Gasteiger charge is 2.09. The van der Waals surface area contributed by atoms with Gasteiger partial charge in [-0.25, -0.2) is 0 Å². The molecule has 0 fully saturated rings. The molecule has 0 bridgehead atoms. The van der Waals surface area contributed by atoms with Crippen molar-refractivity contribution < 1.29 is 4.92 Å². The Kier molecular flexibility index (Phi) is 2.73. The number of para-hydroxylation sites is 1. The van der Waals surface area contributed by atoms with E-state index in [9.17, 15) is 10.1 Å². The number of hydrogen-bond acceptors (Lipinski definition) is 4. The molecule has 1 aromatic carbocycles. The van der Waals surface area contributed by atoms with Gasteiger partial charge in [-0.1, -0.05) is 12.1 Å². The van der Waals surface area contributed by atoms with Crippen LogP contribution in [0.25, 0.3) is 10.9 Å². The first-order chi connectivity index (χ1) is 6.29. The quantitative estimate of drug-likeness (QED) is 0.553. The summed E-state index contributed by atoms with van der Waals surface area (Å²) in [6.07, 6.45) is 1.44. The predicted octanol–water partition coefficient (Wildman–Crippen LogP) is 2.30. The first-order valence-electron chi connectivity index (χ1n) is 3.77. The van der Waals surface area contributed by atoms with Crippen molar-refractivity contribution in [3.05, 3.63) is 46.6 Å². The van der Waals surface area contributed by atoms with Crippen molar-refractivity contribution >= 4 is 16.6 Å². The molecule has 0 unspecified atom stereocenters. The second kappa shape index (κ2) is 3.80. The van der Waals surface area contributed by atoms with Crippen molar-refractivity contribution in [2.45, 2.75) is 0 Å². The highest BCUT2D eigenvalue weighted by molar-refractivity contribution is 5.87. The molecule has 0 saturated carbocycles. The lowest BCUT2D eigenvalue weighted by atomic mass is 10.2. The van der Waals surface area contributed by atoms with E-state index in [-0.39, 0.29) is 11.8 Å². The van der Waals surface area contributed by atoms with Crippen LogP contribution < -0.4 is 6.15 Å². The van der Waals surface area contributed by atoms with E-state index >= 15 is 0 Å². The van der Waals surface area contributed by atoms with Gasteiger partial charge in [0.15, 0.2) is 0 Å². The van der Waals surface area contributed by atoms with E-state index in [1.807, 2.05) is 0 Å². The highest BCUT2D eigenvalue weighted by atomic mass is 16.6. The van der Waals surface area contributed by atoms with Gasteiger partial charge in [-0.05, 0) is 12.1 Å². The van der Waals surface area contributed by atoms with Crippen molar-refractivity contribution in [1.82, 2.24) is 11.1 Å². The molecule has 14 heavy (non-hydrogen) atoms. The average Bonchev–Trinajstić information content (AvgIpc) is 2.17. The third-order valence-corrected chi connectivity index (χ3v) is 1.82. The van der Waals surface area contributed by atoms with Crippen molar-refractivity contribution in [2.24, 2.45) is 0 Å². The number of aromatic nitrogens is 1. The third kappa shape index (κ3) is 1.53. The van der Waals surface area contributed by atoms with E-state index in [0.29, 0.717) is 10.9 Å². The summed E-state index contributed by atoms with van der Waals surface area (Å²) in [4.78, 5) is 14.2. The third-order valence-electron chi connectivity index (χ3n) is 1.82. The highest BCUT2D eigenvalue weighted by Crippen LogP contribution is 2.22. The number of rotatable bonds is 1. The Bertz CT molecular complexity index is 465. The summed E-state index contributed by atoms with van der Waals surface area (Å²) in [6.45, 7) is 0. The second-order valence-electron chi connectivity index (χ2n) is 2.60. The summed E-state index contributed by atoms with van der Waals surface area (Å²) in [7, 11) is 0. The molecule has 0 atom stereocenters. The minimum absolute atomic E-state index is 0. The second-order valence-corrected chi connectivity index (χ2v) is 2.60. The van der Waals surface area contributed by atoms with Crippen molar-refractivity contribution in [3.8, 4) is 0 Å². The molecule has 0 radical (unpaired) electrons. The van der Waals surface area contributed by atoms with Crippen LogP contribution in [0.5, 0.6) is 0 Å². The predicted molar refractivity (Wildman–Crippen MR) is 53.4 cm³/mol. The van der Waals surface area contributed by atoms with Gasteiger partial charge in [0.05, 0.1) is 15.8 Å². The smallest absolute Gasteiger partial charge is 0.280 e. The summed E-state index contributed by atoms with van der Waals surface area (Å²) < 4.78 is 0. The van der Waals surface area contributed by atoms with Crippen LogP contribution in [0.15, 0.2) is 36.5 Å². The lowest BCUT2D eigenvalue weighted by Crippen LogP contribution is -1.90. The monoisotopic (exact) mass is 191 g/mol. The van der Waals surface area contributed by atoms with Crippen LogP contribution in [-0.2, 0) is 0 Å². The van der Waals surface area contributed by atoms with Crippen LogP contribution in [0.3, 0.4) is 0 Å². The fourth-order valence-electron chi connectivity index (χ4n) is 1.24. The number of nitrogens with zero attached hydrogens (tertiary/aromatic N) is 2. The molecular formula is C9H9N3O2. The number of fused-ring (bicyclic) bond motifs is 1. The van der Waals surface area contributed by atoms with Gasteiger partial charge in [-0.3, -0.25) is 15.1 Å². The molecule has 2 rings (SSSR count). The summed E-state index contributed by atoms with van der Waals surface area (Å²) in [5.41, 5.74) is 0.752. The number of benzene rings is 1. The standard InChI is InChI=1S/C9H6N2O2.H3N/c12-11(13)9-5-6-10-8-4-2-1-3-7(8)9;/h1-6H;1H3. The minimum Gasteiger partial charge on any atom is -0.344 e. The topological polar surface area (TPSA) is 91.0 Å². The van der Waals surface area contributed by atoms with Gasteiger partial charge in [0.2, 0.25) is 0 Å². The van der Waals surface area contributed by atoms with Gasteiger partial charge in [0.25, 0.3) is 5.69 Å². The van der Waals surface area contributed by atoms with Gasteiger partial charge in [-0.2, -0.15) is 0 Å². The van der Waals surface area contributed by atoms with Gasteiger partial charge in [-0.15, -0.1) is 0 Å². The fourth-order valence-corrected chi connectivity index (χ4v) is 1.24. The fraction of sp³-hybridized carbons (Fsp3) is 0. The van der Waals surface area contributed by atoms with Crippen molar-refractivity contribution in [1.29, 1.82) is 0 Å². The Morgan fingerprint density at radius 3 is 2.64 bits per heavy atom. The molecule has 0 aliphatic carbocycles. The summed E-state index contributed by atoms with van der Waals surface area (Å²) >= 11 is 0. The Balaban J connectivity index is 0.000000980. The maximum atomic E-state index is 10.6. The first kappa shape index (κ1) is 10.1. The Hall–Kier alpha value is -2.01. The van der Waals surface area contributed by atoms with E-state index in [4.69, 9.17) is 0 Å². The van der Waals surface area contributed by atoms with E-state index in [0.717, 1.165) is 0 Å². The zero-order chi connectivity index (χ0) is 9.26. The number of hydrogen-bond donors (Lipinski definition) is 1. The number of nitro groups is 1. The molecular weight excluding hydrogens is 182 g/mol. The van der Waals surface area contributed by atoms with Crippen LogP contribution in [-0.4, -0.2) is 9.91 Å². The average molecular weight is 191 g/mol. The van der Waals surface area contributed by atoms with Crippen LogP contribution in [0.1, 0.15) is 0 Å². The van der Waals surface area contributed by atoms with E-state index in [2.05, 4.69) is 4.98 Å². The van der Waals surface area contributed by atoms with Crippen LogP contribution in [0.2, 0.25) is 0 Å². The summed E-state index contributed by atoms with van der Waals surface area (Å²) in [5.74, 6) is 0. The molecule has 0 spiro atoms. The molecule has 2 aromatic rings. The van der Waals surface area contributed by atoms with Crippen LogP contribution in [0, 0.1) is 10.1 Å². The molecule has 72 valence electrons. The van der Waals surface area contributed by atoms with Crippen LogP contribution >= 0.6 is 0 Å². The molecule has 0 amide bonds. The van der Waals surface area contributed by atoms with Gasteiger partial charge < -0.3 is 6.15 Å².